The van der Waals surface area contributed by atoms with Crippen molar-refractivity contribution in [2.75, 3.05) is 13.2 Å². The van der Waals surface area contributed by atoms with E-state index in [0.29, 0.717) is 25.1 Å². The molecule has 3 amide bonds. The van der Waals surface area contributed by atoms with Crippen LogP contribution in [-0.2, 0) is 43.2 Å². The first-order chi connectivity index (χ1) is 24.5. The zero-order chi connectivity index (χ0) is 36.3. The van der Waals surface area contributed by atoms with Crippen molar-refractivity contribution in [1.82, 2.24) is 20.9 Å². The number of carbonyl (C=O) groups is 3. The molecule has 13 heteroatoms. The van der Waals surface area contributed by atoms with E-state index in [9.17, 15) is 19.5 Å². The minimum atomic E-state index is -1.07. The number of nitrogens with one attached hydrogen (secondary N) is 3. The normalized spacial score (nSPS) is 20.6. The van der Waals surface area contributed by atoms with Gasteiger partial charge in [-0.2, -0.15) is 0 Å². The Hall–Kier alpha value is -4.04. The number of fused-ring (bicyclic) bond motifs is 1. The number of carbonyl (C=O) groups excluding carboxylic acids is 3. The molecule has 2 aromatic carbocycles. The molecule has 2 fully saturated rings. The number of hydrogen-bond donors (Lipinski definition) is 4. The molecule has 5 rings (SSSR count). The maximum atomic E-state index is 13.8. The third kappa shape index (κ3) is 11.2. The lowest BCUT2D eigenvalue weighted by Gasteiger charge is -2.30. The number of alkyl carbamates (subject to hydrolysis) is 2. The number of rotatable bonds is 16. The van der Waals surface area contributed by atoms with Crippen molar-refractivity contribution in [3.8, 4) is 0 Å². The quantitative estimate of drug-likeness (QED) is 0.158. The Kier molecular flexibility index (Phi) is 13.8. The van der Waals surface area contributed by atoms with Crippen molar-refractivity contribution in [3.05, 3.63) is 87.9 Å². The van der Waals surface area contributed by atoms with Crippen LogP contribution in [0.3, 0.4) is 0 Å². The lowest BCUT2D eigenvalue weighted by Crippen LogP contribution is -2.54. The molecule has 7 atom stereocenters. The fraction of sp³-hybridized carbons (Fsp3) is 0.526. The number of benzene rings is 2. The van der Waals surface area contributed by atoms with E-state index < -0.39 is 48.4 Å². The average molecular weight is 723 g/mol. The Balaban J connectivity index is 1.26. The van der Waals surface area contributed by atoms with Crippen LogP contribution in [0.25, 0.3) is 0 Å². The van der Waals surface area contributed by atoms with Gasteiger partial charge >= 0.3 is 12.2 Å². The molecule has 2 aliphatic heterocycles. The van der Waals surface area contributed by atoms with Crippen LogP contribution >= 0.6 is 11.3 Å². The summed E-state index contributed by atoms with van der Waals surface area (Å²) in [5, 5.41) is 23.2. The molecule has 0 saturated carbocycles. The van der Waals surface area contributed by atoms with Gasteiger partial charge in [0.15, 0.2) is 6.29 Å². The summed E-state index contributed by atoms with van der Waals surface area (Å²) in [6.07, 6.45) is -1.66. The number of ether oxygens (including phenoxy) is 4. The summed E-state index contributed by atoms with van der Waals surface area (Å²) in [5.41, 5.74) is 2.52. The number of hydrogen-bond acceptors (Lipinski definition) is 10. The first-order valence-corrected chi connectivity index (χ1v) is 18.6. The third-order valence-corrected chi connectivity index (χ3v) is 10.3. The van der Waals surface area contributed by atoms with E-state index in [1.165, 1.54) is 11.3 Å². The second kappa shape index (κ2) is 18.5. The smallest absolute Gasteiger partial charge is 0.408 e. The van der Waals surface area contributed by atoms with Crippen molar-refractivity contribution >= 4 is 29.4 Å². The Morgan fingerprint density at radius 2 is 1.61 bits per heavy atom. The minimum Gasteiger partial charge on any atom is -0.443 e. The number of aliphatic hydroxyl groups excluding tert-OH is 1. The lowest BCUT2D eigenvalue weighted by atomic mass is 9.93. The molecule has 0 spiro atoms. The van der Waals surface area contributed by atoms with Crippen molar-refractivity contribution in [3.63, 3.8) is 0 Å². The standard InChI is InChI=1S/C38H50N4O8S/c1-23(2)33(42-37(45)49-20-28-22-51-35(40-28)24(3)4)34(44)39-27(17-25-11-7-5-8-12-25)19-31(43)30(18-26-13-9-6-10-14-26)41-38(46)50-32-21-48-36-29(32)15-16-47-36/h5-14,22-24,27,29-33,36,43H,15-21H2,1-4H3,(H,39,44)(H,41,46)(H,42,45)/t27-,29-,30-,31-,32-,33-,36+/m0/s1. The third-order valence-electron chi connectivity index (χ3n) is 9.14. The zero-order valence-corrected chi connectivity index (χ0v) is 30.5. The number of aromatic nitrogens is 1. The monoisotopic (exact) mass is 722 g/mol. The van der Waals surface area contributed by atoms with Gasteiger partial charge in [-0.3, -0.25) is 4.79 Å². The van der Waals surface area contributed by atoms with Crippen LogP contribution in [-0.4, -0.2) is 78.0 Å². The van der Waals surface area contributed by atoms with Crippen LogP contribution in [0.15, 0.2) is 66.0 Å². The molecule has 2 aliphatic rings. The highest BCUT2D eigenvalue weighted by molar-refractivity contribution is 7.09. The average Bonchev–Trinajstić information content (AvgIpc) is 3.86. The molecule has 3 aromatic rings. The van der Waals surface area contributed by atoms with Crippen LogP contribution in [0.5, 0.6) is 0 Å². The van der Waals surface area contributed by atoms with E-state index in [1.807, 2.05) is 93.7 Å². The van der Waals surface area contributed by atoms with Gasteiger partial charge in [-0.25, -0.2) is 14.6 Å². The first-order valence-electron chi connectivity index (χ1n) is 17.7. The highest BCUT2D eigenvalue weighted by atomic mass is 32.1. The van der Waals surface area contributed by atoms with Crippen LogP contribution in [0, 0.1) is 11.8 Å². The largest absolute Gasteiger partial charge is 0.443 e. The summed E-state index contributed by atoms with van der Waals surface area (Å²) < 4.78 is 22.4. The molecule has 0 radical (unpaired) electrons. The molecular weight excluding hydrogens is 673 g/mol. The predicted octanol–water partition coefficient (Wildman–Crippen LogP) is 5.09. The van der Waals surface area contributed by atoms with Crippen molar-refractivity contribution < 1.29 is 38.4 Å². The van der Waals surface area contributed by atoms with E-state index >= 15 is 0 Å². The van der Waals surface area contributed by atoms with Crippen molar-refractivity contribution in [2.45, 2.75) is 103 Å². The van der Waals surface area contributed by atoms with Crippen LogP contribution in [0.4, 0.5) is 9.59 Å². The molecule has 1 aromatic heterocycles. The minimum absolute atomic E-state index is 0.00860. The Labute approximate surface area is 303 Å². The van der Waals surface area contributed by atoms with Crippen LogP contribution < -0.4 is 16.0 Å². The summed E-state index contributed by atoms with van der Waals surface area (Å²) in [4.78, 5) is 44.4. The highest BCUT2D eigenvalue weighted by Crippen LogP contribution is 2.33. The number of amides is 3. The Morgan fingerprint density at radius 3 is 2.25 bits per heavy atom. The van der Waals surface area contributed by atoms with Gasteiger partial charge in [0.1, 0.15) is 18.8 Å². The van der Waals surface area contributed by atoms with E-state index in [4.69, 9.17) is 18.9 Å². The molecule has 2 saturated heterocycles. The van der Waals surface area contributed by atoms with Crippen LogP contribution in [0.1, 0.15) is 68.3 Å². The lowest BCUT2D eigenvalue weighted by molar-refractivity contribution is -0.125. The summed E-state index contributed by atoms with van der Waals surface area (Å²) in [7, 11) is 0. The Morgan fingerprint density at radius 1 is 0.922 bits per heavy atom. The van der Waals surface area contributed by atoms with E-state index in [2.05, 4.69) is 20.9 Å². The first kappa shape index (κ1) is 38.2. The summed E-state index contributed by atoms with van der Waals surface area (Å²) >= 11 is 1.51. The maximum Gasteiger partial charge on any atom is 0.408 e. The molecule has 3 heterocycles. The fourth-order valence-electron chi connectivity index (χ4n) is 6.36. The highest BCUT2D eigenvalue weighted by Gasteiger charge is 2.44. The van der Waals surface area contributed by atoms with E-state index in [-0.39, 0.29) is 43.7 Å². The van der Waals surface area contributed by atoms with Gasteiger partial charge in [0.2, 0.25) is 5.91 Å². The molecule has 0 aliphatic carbocycles. The maximum absolute atomic E-state index is 13.8. The number of aliphatic hydroxyl groups is 1. The number of thiazole rings is 1. The van der Waals surface area contributed by atoms with Gasteiger partial charge in [0, 0.05) is 17.3 Å². The zero-order valence-electron chi connectivity index (χ0n) is 29.7. The van der Waals surface area contributed by atoms with Gasteiger partial charge in [0.25, 0.3) is 0 Å². The summed E-state index contributed by atoms with van der Waals surface area (Å²) in [5.74, 6) is -0.427. The predicted molar refractivity (Wildman–Crippen MR) is 192 cm³/mol. The van der Waals surface area contributed by atoms with Crippen LogP contribution in [0.2, 0.25) is 0 Å². The molecule has 0 unspecified atom stereocenters. The second-order valence-corrected chi connectivity index (χ2v) is 14.8. The molecular formula is C38H50N4O8S. The van der Waals surface area contributed by atoms with Crippen molar-refractivity contribution in [2.24, 2.45) is 11.8 Å². The SMILES string of the molecule is CC(C)c1nc(COC(=O)N[C@H](C(=O)N[C@@H](Cc2ccccc2)C[C@H](O)[C@H](Cc2ccccc2)NC(=O)O[C@H]2CO[C@H]3OCC[C@H]32)C(C)C)cs1. The molecule has 0 bridgehead atoms. The van der Waals surface area contributed by atoms with Crippen molar-refractivity contribution in [1.29, 1.82) is 0 Å². The van der Waals surface area contributed by atoms with E-state index in [0.717, 1.165) is 22.6 Å². The topological polar surface area (TPSA) is 157 Å². The Bertz CT molecular complexity index is 1560. The van der Waals surface area contributed by atoms with Gasteiger partial charge < -0.3 is 40.0 Å². The molecule has 12 nitrogen and oxygen atoms in total. The van der Waals surface area contributed by atoms with Gasteiger partial charge in [-0.15, -0.1) is 11.3 Å². The van der Waals surface area contributed by atoms with Gasteiger partial charge in [-0.05, 0) is 42.7 Å². The molecule has 276 valence electrons. The summed E-state index contributed by atoms with van der Waals surface area (Å²) in [6.45, 7) is 8.57. The molecule has 4 N–H and O–H groups in total. The number of nitrogens with zero attached hydrogens (tertiary/aromatic N) is 1. The summed E-state index contributed by atoms with van der Waals surface area (Å²) in [6, 6.07) is 17.0. The fourth-order valence-corrected chi connectivity index (χ4v) is 7.18. The van der Waals surface area contributed by atoms with E-state index in [1.54, 1.807) is 0 Å². The van der Waals surface area contributed by atoms with Gasteiger partial charge in [0.05, 0.1) is 42.0 Å². The van der Waals surface area contributed by atoms with Gasteiger partial charge in [-0.1, -0.05) is 88.4 Å². The second-order valence-electron chi connectivity index (χ2n) is 13.9. The molecule has 51 heavy (non-hydrogen) atoms.